The fraction of sp³-hybridized carbons (Fsp3) is 0.846. The van der Waals surface area contributed by atoms with E-state index in [-0.39, 0.29) is 0 Å². The highest BCUT2D eigenvalue weighted by molar-refractivity contribution is 6.05. The number of rotatable bonds is 22. The number of Topliss-reactive ketones (excluding diaryl/α,β-unsaturated/α-hetero) is 1. The Morgan fingerprint density at radius 3 is 1.50 bits per heavy atom. The second-order valence-corrected chi connectivity index (χ2v) is 9.37. The average molecular weight is 487 g/mol. The Bertz CT molecular complexity index is 618. The number of carboxylic acids is 2. The summed E-state index contributed by atoms with van der Waals surface area (Å²) in [5.74, 6) is -7.77. The highest BCUT2D eigenvalue weighted by atomic mass is 16.5. The molecule has 0 aromatic heterocycles. The molecule has 0 bridgehead atoms. The molecule has 198 valence electrons. The summed E-state index contributed by atoms with van der Waals surface area (Å²) in [4.78, 5) is 47.7. The molecule has 0 saturated heterocycles. The van der Waals surface area contributed by atoms with Crippen molar-refractivity contribution in [2.24, 2.45) is 5.92 Å². The molecule has 0 amide bonds. The minimum atomic E-state index is -3.06. The molecule has 8 nitrogen and oxygen atoms in total. The van der Waals surface area contributed by atoms with Crippen LogP contribution in [0.15, 0.2) is 0 Å². The lowest BCUT2D eigenvalue weighted by Gasteiger charge is -2.29. The molecule has 3 unspecified atom stereocenters. The van der Waals surface area contributed by atoms with Crippen LogP contribution in [0.1, 0.15) is 124 Å². The molecule has 8 heteroatoms. The topological polar surface area (TPSA) is 138 Å². The van der Waals surface area contributed by atoms with Gasteiger partial charge in [0.25, 0.3) is 0 Å². The van der Waals surface area contributed by atoms with Crippen LogP contribution in [0.4, 0.5) is 0 Å². The summed E-state index contributed by atoms with van der Waals surface area (Å²) in [6.07, 6.45) is 13.4. The lowest BCUT2D eigenvalue weighted by atomic mass is 9.82. The third kappa shape index (κ3) is 13.1. The predicted octanol–water partition coefficient (Wildman–Crippen LogP) is 5.29. The summed E-state index contributed by atoms with van der Waals surface area (Å²) in [7, 11) is 0. The Morgan fingerprint density at radius 1 is 0.735 bits per heavy atom. The number of ketones is 1. The van der Waals surface area contributed by atoms with Crippen LogP contribution < -0.4 is 0 Å². The maximum Gasteiger partial charge on any atom is 0.337 e. The third-order valence-electron chi connectivity index (χ3n) is 6.20. The summed E-state index contributed by atoms with van der Waals surface area (Å²) in [5.41, 5.74) is -3.06. The van der Waals surface area contributed by atoms with Crippen molar-refractivity contribution in [3.63, 3.8) is 0 Å². The minimum absolute atomic E-state index is 0.501. The maximum atomic E-state index is 12.8. The number of hydrogen-bond donors (Lipinski definition) is 3. The van der Waals surface area contributed by atoms with Gasteiger partial charge in [-0.1, -0.05) is 84.5 Å². The fourth-order valence-electron chi connectivity index (χ4n) is 4.20. The highest BCUT2D eigenvalue weighted by Gasteiger charge is 2.53. The van der Waals surface area contributed by atoms with E-state index in [2.05, 4.69) is 13.8 Å². The van der Waals surface area contributed by atoms with E-state index in [9.17, 15) is 29.4 Å². The van der Waals surface area contributed by atoms with Crippen molar-refractivity contribution in [1.82, 2.24) is 0 Å². The molecule has 0 heterocycles. The lowest BCUT2D eigenvalue weighted by Crippen LogP contribution is -2.54. The molecule has 34 heavy (non-hydrogen) atoms. The molecule has 3 N–H and O–H groups in total. The van der Waals surface area contributed by atoms with Crippen molar-refractivity contribution in [2.75, 3.05) is 0 Å². The van der Waals surface area contributed by atoms with Crippen LogP contribution in [0.5, 0.6) is 0 Å². The number of ether oxygens (including phenoxy) is 1. The monoisotopic (exact) mass is 486 g/mol. The Kier molecular flexibility index (Phi) is 17.3. The largest absolute Gasteiger partial charge is 0.481 e. The van der Waals surface area contributed by atoms with Crippen molar-refractivity contribution in [1.29, 1.82) is 0 Å². The van der Waals surface area contributed by atoms with E-state index >= 15 is 0 Å². The van der Waals surface area contributed by atoms with E-state index in [4.69, 9.17) is 9.84 Å². The first-order valence-corrected chi connectivity index (χ1v) is 13.0. The molecule has 0 rings (SSSR count). The first kappa shape index (κ1) is 32.0. The first-order valence-electron chi connectivity index (χ1n) is 13.0. The van der Waals surface area contributed by atoms with E-state index in [0.717, 1.165) is 64.7 Å². The molecule has 0 aliphatic heterocycles. The second kappa shape index (κ2) is 18.4. The number of carbonyl (C=O) groups is 4. The molecule has 3 atom stereocenters. The zero-order valence-corrected chi connectivity index (χ0v) is 21.4. The SMILES string of the molecule is CCCCCCCCCC(CCCCCCCC)OC(=O)C(C(C)=O)C(O)(CC(=O)O)C(=O)O. The molecule has 0 saturated carbocycles. The number of esters is 1. The van der Waals surface area contributed by atoms with Crippen LogP contribution in [0.2, 0.25) is 0 Å². The third-order valence-corrected chi connectivity index (χ3v) is 6.20. The summed E-state index contributed by atoms with van der Waals surface area (Å²) in [6.45, 7) is 5.27. The zero-order valence-electron chi connectivity index (χ0n) is 21.4. The number of aliphatic hydroxyl groups is 1. The van der Waals surface area contributed by atoms with Gasteiger partial charge in [-0.2, -0.15) is 0 Å². The molecule has 0 radical (unpaired) electrons. The Morgan fingerprint density at radius 2 is 1.15 bits per heavy atom. The second-order valence-electron chi connectivity index (χ2n) is 9.37. The molecule has 0 aliphatic rings. The summed E-state index contributed by atoms with van der Waals surface area (Å²) in [6, 6.07) is 0. The maximum absolute atomic E-state index is 12.8. The molecular weight excluding hydrogens is 440 g/mol. The van der Waals surface area contributed by atoms with Crippen LogP contribution in [-0.4, -0.2) is 50.7 Å². The summed E-state index contributed by atoms with van der Waals surface area (Å²) in [5, 5.41) is 28.9. The standard InChI is InChI=1S/C26H46O8/c1-4-6-8-10-12-14-16-18-21(17-15-13-11-9-7-5-2)34-24(30)23(20(3)27)26(33,25(31)32)19-22(28)29/h21,23,33H,4-19H2,1-3H3,(H,28,29)(H,31,32). The molecule has 0 aromatic rings. The van der Waals surface area contributed by atoms with E-state index in [1.54, 1.807) is 0 Å². The Hall–Kier alpha value is -1.96. The van der Waals surface area contributed by atoms with Crippen LogP contribution in [0.25, 0.3) is 0 Å². The van der Waals surface area contributed by atoms with Crippen LogP contribution in [0.3, 0.4) is 0 Å². The lowest BCUT2D eigenvalue weighted by molar-refractivity contribution is -0.185. The molecular formula is C26H46O8. The van der Waals surface area contributed by atoms with Gasteiger partial charge in [-0.05, 0) is 32.6 Å². The Labute approximate surface area is 204 Å². The van der Waals surface area contributed by atoms with Gasteiger partial charge in [0.1, 0.15) is 11.9 Å². The summed E-state index contributed by atoms with van der Waals surface area (Å²) >= 11 is 0. The molecule has 0 aromatic carbocycles. The molecule has 0 aliphatic carbocycles. The number of aliphatic carboxylic acids is 2. The smallest absolute Gasteiger partial charge is 0.337 e. The van der Waals surface area contributed by atoms with Gasteiger partial charge < -0.3 is 20.1 Å². The first-order chi connectivity index (χ1) is 16.1. The number of unbranched alkanes of at least 4 members (excludes halogenated alkanes) is 11. The quantitative estimate of drug-likeness (QED) is 0.107. The van der Waals surface area contributed by atoms with Crippen molar-refractivity contribution in [3.05, 3.63) is 0 Å². The minimum Gasteiger partial charge on any atom is -0.481 e. The van der Waals surface area contributed by atoms with Gasteiger partial charge in [0.05, 0.1) is 6.42 Å². The van der Waals surface area contributed by atoms with E-state index in [0.29, 0.717) is 12.8 Å². The van der Waals surface area contributed by atoms with Gasteiger partial charge >= 0.3 is 17.9 Å². The zero-order chi connectivity index (χ0) is 26.0. The normalized spacial score (nSPS) is 14.7. The summed E-state index contributed by atoms with van der Waals surface area (Å²) < 4.78 is 5.55. The van der Waals surface area contributed by atoms with Crippen LogP contribution in [0, 0.1) is 5.92 Å². The van der Waals surface area contributed by atoms with Crippen molar-refractivity contribution in [2.45, 2.75) is 135 Å². The van der Waals surface area contributed by atoms with Crippen LogP contribution >= 0.6 is 0 Å². The molecule has 0 fully saturated rings. The van der Waals surface area contributed by atoms with Gasteiger partial charge in [0, 0.05) is 0 Å². The predicted molar refractivity (Wildman–Crippen MR) is 129 cm³/mol. The Balaban J connectivity index is 5.16. The van der Waals surface area contributed by atoms with Gasteiger partial charge in [-0.15, -0.1) is 0 Å². The number of carbonyl (C=O) groups excluding carboxylic acids is 2. The molecule has 0 spiro atoms. The van der Waals surface area contributed by atoms with Gasteiger partial charge in [-0.3, -0.25) is 14.4 Å². The van der Waals surface area contributed by atoms with Gasteiger partial charge in [0.2, 0.25) is 0 Å². The highest BCUT2D eigenvalue weighted by Crippen LogP contribution is 2.27. The van der Waals surface area contributed by atoms with E-state index in [1.807, 2.05) is 0 Å². The van der Waals surface area contributed by atoms with Crippen molar-refractivity contribution < 1.29 is 39.2 Å². The van der Waals surface area contributed by atoms with E-state index in [1.165, 1.54) is 25.7 Å². The van der Waals surface area contributed by atoms with Crippen molar-refractivity contribution in [3.8, 4) is 0 Å². The van der Waals surface area contributed by atoms with Gasteiger partial charge in [-0.25, -0.2) is 4.79 Å². The van der Waals surface area contributed by atoms with Crippen LogP contribution in [-0.2, 0) is 23.9 Å². The van der Waals surface area contributed by atoms with E-state index < -0.39 is 47.7 Å². The van der Waals surface area contributed by atoms with Crippen molar-refractivity contribution >= 4 is 23.7 Å². The fourth-order valence-corrected chi connectivity index (χ4v) is 4.20. The number of carboxylic acid groups (broad SMARTS) is 2. The van der Waals surface area contributed by atoms with Gasteiger partial charge in [0.15, 0.2) is 11.5 Å². The number of hydrogen-bond acceptors (Lipinski definition) is 6. The average Bonchev–Trinajstić information content (AvgIpc) is 2.74.